The second-order valence-corrected chi connectivity index (χ2v) is 6.37. The molecular weight excluding hydrogens is 334 g/mol. The van der Waals surface area contributed by atoms with E-state index in [4.69, 9.17) is 9.47 Å². The number of methoxy groups -OCH3 is 2. The Morgan fingerprint density at radius 1 is 1.27 bits per heavy atom. The molecule has 0 atom stereocenters. The van der Waals surface area contributed by atoms with Crippen LogP contribution in [0.5, 0.6) is 5.75 Å². The van der Waals surface area contributed by atoms with Crippen LogP contribution in [-0.4, -0.2) is 49.9 Å². The van der Waals surface area contributed by atoms with Gasteiger partial charge in [0.05, 0.1) is 26.9 Å². The number of carbonyl (C=O) groups excluding carboxylic acids is 1. The lowest BCUT2D eigenvalue weighted by molar-refractivity contribution is 0.0597. The summed E-state index contributed by atoms with van der Waals surface area (Å²) < 4.78 is 10.0. The Morgan fingerprint density at radius 2 is 2.00 bits per heavy atom. The third kappa shape index (κ3) is 5.62. The summed E-state index contributed by atoms with van der Waals surface area (Å²) in [6.07, 6.45) is 3.32. The molecule has 0 saturated heterocycles. The van der Waals surface area contributed by atoms with Gasteiger partial charge >= 0.3 is 5.97 Å². The lowest BCUT2D eigenvalue weighted by atomic mass is 9.93. The van der Waals surface area contributed by atoms with Crippen molar-refractivity contribution in [2.75, 3.05) is 20.8 Å². The minimum absolute atomic E-state index is 0.177. The minimum atomic E-state index is -0.432. The van der Waals surface area contributed by atoms with Crippen LogP contribution in [0.4, 0.5) is 0 Å². The van der Waals surface area contributed by atoms with Crippen molar-refractivity contribution in [3.8, 4) is 5.75 Å². The van der Waals surface area contributed by atoms with Crippen LogP contribution in [0.3, 0.4) is 0 Å². The summed E-state index contributed by atoms with van der Waals surface area (Å²) in [5.41, 5.74) is 1.28. The molecule has 144 valence electrons. The van der Waals surface area contributed by atoms with Crippen molar-refractivity contribution in [1.82, 2.24) is 10.6 Å². The summed E-state index contributed by atoms with van der Waals surface area (Å²) in [7, 11) is 2.87. The number of rotatable bonds is 6. The monoisotopic (exact) mass is 363 g/mol. The number of hydrogen-bond donors (Lipinski definition) is 3. The van der Waals surface area contributed by atoms with E-state index in [1.54, 1.807) is 12.1 Å². The van der Waals surface area contributed by atoms with Crippen LogP contribution in [-0.2, 0) is 11.3 Å². The fraction of sp³-hybridized carbons (Fsp3) is 0.579. The van der Waals surface area contributed by atoms with Gasteiger partial charge in [-0.3, -0.25) is 0 Å². The van der Waals surface area contributed by atoms with Crippen LogP contribution in [0.2, 0.25) is 0 Å². The largest absolute Gasteiger partial charge is 0.496 e. The highest BCUT2D eigenvalue weighted by atomic mass is 16.5. The van der Waals surface area contributed by atoms with Crippen LogP contribution in [0, 0.1) is 0 Å². The molecule has 0 heterocycles. The Hall–Kier alpha value is -2.28. The van der Waals surface area contributed by atoms with Crippen molar-refractivity contribution >= 4 is 11.9 Å². The fourth-order valence-electron chi connectivity index (χ4n) is 3.03. The SMILES string of the molecule is CCNC(=NCc1ccc(OC)c(C(=O)OC)c1)NC1CCC(O)CC1. The van der Waals surface area contributed by atoms with Crippen LogP contribution in [0.1, 0.15) is 48.5 Å². The number of aliphatic hydroxyl groups excluding tert-OH is 1. The smallest absolute Gasteiger partial charge is 0.341 e. The molecule has 1 aromatic carbocycles. The Balaban J connectivity index is 2.07. The lowest BCUT2D eigenvalue weighted by Crippen LogP contribution is -2.45. The van der Waals surface area contributed by atoms with Crippen LogP contribution in [0.15, 0.2) is 23.2 Å². The van der Waals surface area contributed by atoms with E-state index in [2.05, 4.69) is 15.6 Å². The van der Waals surface area contributed by atoms with Crippen LogP contribution < -0.4 is 15.4 Å². The number of esters is 1. The van der Waals surface area contributed by atoms with Crippen molar-refractivity contribution in [3.05, 3.63) is 29.3 Å². The maximum absolute atomic E-state index is 11.9. The fourth-order valence-corrected chi connectivity index (χ4v) is 3.03. The standard InChI is InChI=1S/C19H29N3O4/c1-4-20-19(22-14-6-8-15(23)9-7-14)21-12-13-5-10-17(25-2)16(11-13)18(24)26-3/h5,10-11,14-15,23H,4,6-9,12H2,1-3H3,(H2,20,21,22). The molecule has 0 radical (unpaired) electrons. The average molecular weight is 363 g/mol. The molecule has 2 rings (SSSR count). The highest BCUT2D eigenvalue weighted by Crippen LogP contribution is 2.21. The number of aliphatic imine (C=N–C) groups is 1. The van der Waals surface area contributed by atoms with E-state index >= 15 is 0 Å². The first-order chi connectivity index (χ1) is 12.6. The Bertz CT molecular complexity index is 625. The summed E-state index contributed by atoms with van der Waals surface area (Å²) in [6, 6.07) is 5.70. The zero-order valence-electron chi connectivity index (χ0n) is 15.7. The van der Waals surface area contributed by atoms with Crippen molar-refractivity contribution in [3.63, 3.8) is 0 Å². The summed E-state index contributed by atoms with van der Waals surface area (Å²) in [5, 5.41) is 16.3. The predicted molar refractivity (Wildman–Crippen MR) is 101 cm³/mol. The molecule has 1 aliphatic rings. The van der Waals surface area contributed by atoms with E-state index in [-0.39, 0.29) is 6.10 Å². The van der Waals surface area contributed by atoms with E-state index < -0.39 is 5.97 Å². The second kappa shape index (κ2) is 10.0. The summed E-state index contributed by atoms with van der Waals surface area (Å²) >= 11 is 0. The topological polar surface area (TPSA) is 92.2 Å². The Labute approximate surface area is 154 Å². The van der Waals surface area contributed by atoms with Gasteiger partial charge in [-0.15, -0.1) is 0 Å². The van der Waals surface area contributed by atoms with E-state index in [1.807, 2.05) is 13.0 Å². The molecule has 0 aromatic heterocycles. The minimum Gasteiger partial charge on any atom is -0.496 e. The normalized spacial score (nSPS) is 20.4. The molecule has 7 nitrogen and oxygen atoms in total. The van der Waals surface area contributed by atoms with E-state index in [0.717, 1.165) is 43.8 Å². The molecule has 0 amide bonds. The first-order valence-electron chi connectivity index (χ1n) is 9.05. The highest BCUT2D eigenvalue weighted by Gasteiger charge is 2.20. The molecule has 1 saturated carbocycles. The van der Waals surface area contributed by atoms with Gasteiger partial charge < -0.3 is 25.2 Å². The van der Waals surface area contributed by atoms with E-state index in [1.165, 1.54) is 14.2 Å². The van der Waals surface area contributed by atoms with Gasteiger partial charge in [-0.1, -0.05) is 6.07 Å². The van der Waals surface area contributed by atoms with Gasteiger partial charge in [0, 0.05) is 12.6 Å². The van der Waals surface area contributed by atoms with Crippen molar-refractivity contribution in [2.24, 2.45) is 4.99 Å². The number of ether oxygens (including phenoxy) is 2. The number of guanidine groups is 1. The van der Waals surface area contributed by atoms with Crippen molar-refractivity contribution in [2.45, 2.75) is 51.3 Å². The Morgan fingerprint density at radius 3 is 2.62 bits per heavy atom. The molecule has 1 fully saturated rings. The molecule has 0 aliphatic heterocycles. The summed E-state index contributed by atoms with van der Waals surface area (Å²) in [5.74, 6) is 0.790. The number of carbonyl (C=O) groups is 1. The molecule has 0 unspecified atom stereocenters. The molecule has 7 heteroatoms. The number of nitrogens with one attached hydrogen (secondary N) is 2. The molecule has 1 aliphatic carbocycles. The van der Waals surface area contributed by atoms with Gasteiger partial charge in [0.15, 0.2) is 5.96 Å². The van der Waals surface area contributed by atoms with Gasteiger partial charge in [-0.2, -0.15) is 0 Å². The summed E-state index contributed by atoms with van der Waals surface area (Å²) in [6.45, 7) is 3.21. The number of benzene rings is 1. The van der Waals surface area contributed by atoms with Gasteiger partial charge in [0.2, 0.25) is 0 Å². The first-order valence-corrected chi connectivity index (χ1v) is 9.05. The molecule has 0 spiro atoms. The third-order valence-electron chi connectivity index (χ3n) is 4.47. The van der Waals surface area contributed by atoms with E-state index in [0.29, 0.717) is 23.9 Å². The van der Waals surface area contributed by atoms with Gasteiger partial charge in [-0.05, 0) is 50.3 Å². The molecule has 26 heavy (non-hydrogen) atoms. The maximum Gasteiger partial charge on any atom is 0.341 e. The van der Waals surface area contributed by atoms with Crippen LogP contribution >= 0.6 is 0 Å². The second-order valence-electron chi connectivity index (χ2n) is 6.37. The Kier molecular flexibility index (Phi) is 7.72. The molecule has 1 aromatic rings. The molecule has 3 N–H and O–H groups in total. The quantitative estimate of drug-likeness (QED) is 0.406. The first kappa shape index (κ1) is 20.0. The van der Waals surface area contributed by atoms with Crippen molar-refractivity contribution < 1.29 is 19.4 Å². The zero-order chi connectivity index (χ0) is 18.9. The number of nitrogens with zero attached hydrogens (tertiary/aromatic N) is 1. The van der Waals surface area contributed by atoms with Crippen LogP contribution in [0.25, 0.3) is 0 Å². The lowest BCUT2D eigenvalue weighted by Gasteiger charge is -2.27. The molecular formula is C19H29N3O4. The third-order valence-corrected chi connectivity index (χ3v) is 4.47. The summed E-state index contributed by atoms with van der Waals surface area (Å²) in [4.78, 5) is 16.5. The number of aliphatic hydroxyl groups is 1. The maximum atomic E-state index is 11.9. The van der Waals surface area contributed by atoms with Gasteiger partial charge in [0.25, 0.3) is 0 Å². The number of hydrogen-bond acceptors (Lipinski definition) is 5. The highest BCUT2D eigenvalue weighted by molar-refractivity contribution is 5.92. The molecule has 0 bridgehead atoms. The predicted octanol–water partition coefficient (Wildman–Crippen LogP) is 1.84. The van der Waals surface area contributed by atoms with E-state index in [9.17, 15) is 9.90 Å². The zero-order valence-corrected chi connectivity index (χ0v) is 15.7. The van der Waals surface area contributed by atoms with Crippen molar-refractivity contribution in [1.29, 1.82) is 0 Å². The average Bonchev–Trinajstić information content (AvgIpc) is 2.67. The van der Waals surface area contributed by atoms with Gasteiger partial charge in [-0.25, -0.2) is 9.79 Å². The van der Waals surface area contributed by atoms with Gasteiger partial charge in [0.1, 0.15) is 11.3 Å².